The highest BCUT2D eigenvalue weighted by Gasteiger charge is 2.08. The van der Waals surface area contributed by atoms with E-state index in [9.17, 15) is 9.90 Å². The van der Waals surface area contributed by atoms with Gasteiger partial charge in [-0.2, -0.15) is 5.10 Å². The van der Waals surface area contributed by atoms with Crippen molar-refractivity contribution in [2.24, 2.45) is 5.10 Å². The number of nitrogens with zero attached hydrogens (tertiary/aromatic N) is 1. The van der Waals surface area contributed by atoms with E-state index in [0.29, 0.717) is 15.6 Å². The topological polar surface area (TPSA) is 81.9 Å². The van der Waals surface area contributed by atoms with E-state index in [-0.39, 0.29) is 17.1 Å². The first-order chi connectivity index (χ1) is 9.99. The Morgan fingerprint density at radius 2 is 1.90 bits per heavy atom. The summed E-state index contributed by atoms with van der Waals surface area (Å²) >= 11 is 11.8. The zero-order chi connectivity index (χ0) is 15.4. The Balaban J connectivity index is 2.08. The third kappa shape index (κ3) is 3.65. The number of carbonyl (C=O) groups is 1. The van der Waals surface area contributed by atoms with E-state index in [0.717, 1.165) is 6.07 Å². The van der Waals surface area contributed by atoms with Gasteiger partial charge in [-0.25, -0.2) is 5.43 Å². The van der Waals surface area contributed by atoms with E-state index < -0.39 is 5.91 Å². The van der Waals surface area contributed by atoms with Gasteiger partial charge in [-0.3, -0.25) is 4.79 Å². The minimum atomic E-state index is -0.542. The molecule has 0 fully saturated rings. The second kappa shape index (κ2) is 6.47. The number of amides is 1. The molecule has 2 rings (SSSR count). The first-order valence-corrected chi connectivity index (χ1v) is 6.54. The second-order valence-electron chi connectivity index (χ2n) is 4.05. The number of hydrazone groups is 1. The average molecular weight is 325 g/mol. The Bertz CT molecular complexity index is 717. The van der Waals surface area contributed by atoms with Crippen LogP contribution in [-0.4, -0.2) is 22.3 Å². The van der Waals surface area contributed by atoms with Crippen LogP contribution in [0.2, 0.25) is 10.0 Å². The summed E-state index contributed by atoms with van der Waals surface area (Å²) in [5, 5.41) is 23.0. The van der Waals surface area contributed by atoms with E-state index in [4.69, 9.17) is 28.3 Å². The summed E-state index contributed by atoms with van der Waals surface area (Å²) in [5.74, 6) is -1.23. The summed E-state index contributed by atoms with van der Waals surface area (Å²) < 4.78 is 0. The largest absolute Gasteiger partial charge is 0.504 e. The molecule has 0 aromatic heterocycles. The SMILES string of the molecule is O=C(N/N=C/c1cccc(Cl)c1Cl)c1ccc(O)c(O)c1. The van der Waals surface area contributed by atoms with Crippen LogP contribution in [0.1, 0.15) is 15.9 Å². The third-order valence-corrected chi connectivity index (χ3v) is 3.42. The zero-order valence-corrected chi connectivity index (χ0v) is 12.1. The Morgan fingerprint density at radius 1 is 1.14 bits per heavy atom. The molecule has 0 aliphatic rings. The van der Waals surface area contributed by atoms with Crippen LogP contribution in [0, 0.1) is 0 Å². The van der Waals surface area contributed by atoms with Gasteiger partial charge in [0.05, 0.1) is 16.3 Å². The zero-order valence-electron chi connectivity index (χ0n) is 10.5. The fourth-order valence-corrected chi connectivity index (χ4v) is 1.87. The molecule has 108 valence electrons. The molecule has 1 amide bonds. The Labute approximate surface area is 130 Å². The Morgan fingerprint density at radius 3 is 2.62 bits per heavy atom. The van der Waals surface area contributed by atoms with Crippen molar-refractivity contribution in [3.8, 4) is 11.5 Å². The minimum Gasteiger partial charge on any atom is -0.504 e. The first-order valence-electron chi connectivity index (χ1n) is 5.78. The van der Waals surface area contributed by atoms with E-state index >= 15 is 0 Å². The number of rotatable bonds is 3. The molecular weight excluding hydrogens is 315 g/mol. The van der Waals surface area contributed by atoms with Gasteiger partial charge in [0.25, 0.3) is 5.91 Å². The van der Waals surface area contributed by atoms with Crippen LogP contribution in [0.4, 0.5) is 0 Å². The number of phenolic OH excluding ortho intramolecular Hbond substituents is 2. The summed E-state index contributed by atoms with van der Waals surface area (Å²) in [5.41, 5.74) is 2.98. The molecule has 0 bridgehead atoms. The van der Waals surface area contributed by atoms with Gasteiger partial charge in [-0.15, -0.1) is 0 Å². The van der Waals surface area contributed by atoms with Gasteiger partial charge >= 0.3 is 0 Å². The number of nitrogens with one attached hydrogen (secondary N) is 1. The lowest BCUT2D eigenvalue weighted by molar-refractivity contribution is 0.0954. The molecule has 2 aromatic carbocycles. The quantitative estimate of drug-likeness (QED) is 0.460. The molecule has 7 heteroatoms. The van der Waals surface area contributed by atoms with Crippen LogP contribution in [0.5, 0.6) is 11.5 Å². The van der Waals surface area contributed by atoms with Crippen molar-refractivity contribution < 1.29 is 15.0 Å². The van der Waals surface area contributed by atoms with Crippen molar-refractivity contribution in [3.63, 3.8) is 0 Å². The predicted octanol–water partition coefficient (Wildman–Crippen LogP) is 3.17. The summed E-state index contributed by atoms with van der Waals surface area (Å²) in [6.45, 7) is 0. The molecule has 2 aromatic rings. The van der Waals surface area contributed by atoms with Crippen molar-refractivity contribution >= 4 is 35.3 Å². The molecule has 5 nitrogen and oxygen atoms in total. The fourth-order valence-electron chi connectivity index (χ4n) is 1.51. The number of hydrogen-bond donors (Lipinski definition) is 3. The number of aromatic hydroxyl groups is 2. The van der Waals surface area contributed by atoms with E-state index in [1.165, 1.54) is 18.3 Å². The predicted molar refractivity (Wildman–Crippen MR) is 81.3 cm³/mol. The Hall–Kier alpha value is -2.24. The highest BCUT2D eigenvalue weighted by atomic mass is 35.5. The van der Waals surface area contributed by atoms with Crippen molar-refractivity contribution in [2.45, 2.75) is 0 Å². The molecule has 0 aliphatic carbocycles. The van der Waals surface area contributed by atoms with Crippen molar-refractivity contribution in [1.82, 2.24) is 5.43 Å². The van der Waals surface area contributed by atoms with Crippen LogP contribution in [0.25, 0.3) is 0 Å². The minimum absolute atomic E-state index is 0.152. The maximum absolute atomic E-state index is 11.8. The van der Waals surface area contributed by atoms with Crippen LogP contribution < -0.4 is 5.43 Å². The van der Waals surface area contributed by atoms with Gasteiger partial charge in [-0.05, 0) is 24.3 Å². The van der Waals surface area contributed by atoms with Crippen molar-refractivity contribution in [2.75, 3.05) is 0 Å². The van der Waals surface area contributed by atoms with Gasteiger partial charge in [0.15, 0.2) is 11.5 Å². The number of benzene rings is 2. The normalized spacial score (nSPS) is 10.8. The molecule has 0 radical (unpaired) electrons. The van der Waals surface area contributed by atoms with Gasteiger partial charge in [-0.1, -0.05) is 35.3 Å². The molecule has 0 unspecified atom stereocenters. The highest BCUT2D eigenvalue weighted by molar-refractivity contribution is 6.43. The third-order valence-electron chi connectivity index (χ3n) is 2.59. The summed E-state index contributed by atoms with van der Waals surface area (Å²) in [6.07, 6.45) is 1.35. The number of hydrogen-bond acceptors (Lipinski definition) is 4. The second-order valence-corrected chi connectivity index (χ2v) is 4.83. The van der Waals surface area contributed by atoms with Gasteiger partial charge in [0, 0.05) is 11.1 Å². The lowest BCUT2D eigenvalue weighted by Crippen LogP contribution is -2.17. The van der Waals surface area contributed by atoms with Gasteiger partial charge in [0.2, 0.25) is 0 Å². The number of phenols is 2. The number of halogens is 2. The van der Waals surface area contributed by atoms with Crippen LogP contribution in [0.3, 0.4) is 0 Å². The summed E-state index contributed by atoms with van der Waals surface area (Å²) in [7, 11) is 0. The molecular formula is C14H10Cl2N2O3. The highest BCUT2D eigenvalue weighted by Crippen LogP contribution is 2.25. The van der Waals surface area contributed by atoms with Crippen LogP contribution in [0.15, 0.2) is 41.5 Å². The lowest BCUT2D eigenvalue weighted by atomic mass is 10.2. The lowest BCUT2D eigenvalue weighted by Gasteiger charge is -2.03. The number of carbonyl (C=O) groups excluding carboxylic acids is 1. The maximum Gasteiger partial charge on any atom is 0.271 e. The van der Waals surface area contributed by atoms with Gasteiger partial charge in [0.1, 0.15) is 0 Å². The maximum atomic E-state index is 11.8. The molecule has 0 aliphatic heterocycles. The Kier molecular flexibility index (Phi) is 4.67. The monoisotopic (exact) mass is 324 g/mol. The molecule has 0 saturated carbocycles. The fraction of sp³-hybridized carbons (Fsp3) is 0. The van der Waals surface area contributed by atoms with Crippen molar-refractivity contribution in [3.05, 3.63) is 57.6 Å². The molecule has 0 saturated heterocycles. The summed E-state index contributed by atoms with van der Waals surface area (Å²) in [4.78, 5) is 11.8. The van der Waals surface area contributed by atoms with E-state index in [2.05, 4.69) is 10.5 Å². The molecule has 0 atom stereocenters. The molecule has 0 heterocycles. The smallest absolute Gasteiger partial charge is 0.271 e. The molecule has 0 spiro atoms. The van der Waals surface area contributed by atoms with E-state index in [1.54, 1.807) is 18.2 Å². The van der Waals surface area contributed by atoms with Gasteiger partial charge < -0.3 is 10.2 Å². The standard InChI is InChI=1S/C14H10Cl2N2O3/c15-10-3-1-2-9(13(10)16)7-17-18-14(21)8-4-5-11(19)12(20)6-8/h1-7,19-20H,(H,18,21)/b17-7+. The van der Waals surface area contributed by atoms with Crippen molar-refractivity contribution in [1.29, 1.82) is 0 Å². The molecule has 3 N–H and O–H groups in total. The first kappa shape index (κ1) is 15.2. The van der Waals surface area contributed by atoms with Crippen LogP contribution in [-0.2, 0) is 0 Å². The van der Waals surface area contributed by atoms with E-state index in [1.807, 2.05) is 0 Å². The summed E-state index contributed by atoms with van der Waals surface area (Å²) in [6, 6.07) is 8.73. The molecule has 21 heavy (non-hydrogen) atoms. The van der Waals surface area contributed by atoms with Crippen LogP contribution >= 0.6 is 23.2 Å². The average Bonchev–Trinajstić information content (AvgIpc) is 2.46.